The average molecular weight is 826 g/mol. The molecule has 1 aliphatic heterocycles. The summed E-state index contributed by atoms with van der Waals surface area (Å²) < 4.78 is 59.5. The van der Waals surface area contributed by atoms with Crippen LogP contribution in [-0.2, 0) is 33.7 Å². The fourth-order valence-electron chi connectivity index (χ4n) is 5.87. The molecule has 1 saturated heterocycles. The lowest BCUT2D eigenvalue weighted by atomic mass is 9.97. The van der Waals surface area contributed by atoms with E-state index < -0.39 is 97.3 Å². The summed E-state index contributed by atoms with van der Waals surface area (Å²) >= 11 is 0. The van der Waals surface area contributed by atoms with E-state index >= 15 is 0 Å². The quantitative estimate of drug-likeness (QED) is 0.0667. The smallest absolute Gasteiger partial charge is 0.338 e. The SMILES string of the molecule is O=C(OC[C@H]1O[C@@H](NS(=O)(=O)c2ccc([N+](=O)[O-])cc2[N+](=O)[O-])[C@H](OC(=O)c2ccccc2)[C@@H](OC(=O)c2ccccc2)[C@H]1OC(=O)c1ccccc1)c1ccccc1. The van der Waals surface area contributed by atoms with Crippen LogP contribution in [-0.4, -0.2) is 79.4 Å². The van der Waals surface area contributed by atoms with Crippen LogP contribution in [0.15, 0.2) is 144 Å². The van der Waals surface area contributed by atoms with Crippen LogP contribution in [0.25, 0.3) is 0 Å². The first kappa shape index (κ1) is 41.3. The molecule has 5 atom stereocenters. The lowest BCUT2D eigenvalue weighted by molar-refractivity contribution is -0.396. The van der Waals surface area contributed by atoms with E-state index in [0.717, 1.165) is 0 Å². The highest BCUT2D eigenvalue weighted by Crippen LogP contribution is 2.33. The van der Waals surface area contributed by atoms with Crippen molar-refractivity contribution in [1.82, 2.24) is 4.72 Å². The minimum absolute atomic E-state index is 0.00630. The van der Waals surface area contributed by atoms with Crippen molar-refractivity contribution in [3.63, 3.8) is 0 Å². The van der Waals surface area contributed by atoms with E-state index in [2.05, 4.69) is 4.72 Å². The van der Waals surface area contributed by atoms with E-state index in [1.165, 1.54) is 84.9 Å². The minimum Gasteiger partial charge on any atom is -0.459 e. The number of hydrogen-bond donors (Lipinski definition) is 1. The second-order valence-electron chi connectivity index (χ2n) is 12.6. The van der Waals surface area contributed by atoms with Crippen molar-refractivity contribution < 1.29 is 61.1 Å². The minimum atomic E-state index is -5.18. The highest BCUT2D eigenvalue weighted by molar-refractivity contribution is 7.89. The molecule has 5 aromatic rings. The Labute approximate surface area is 334 Å². The monoisotopic (exact) mass is 825 g/mol. The van der Waals surface area contributed by atoms with Gasteiger partial charge in [-0.3, -0.25) is 20.2 Å². The Morgan fingerprint density at radius 1 is 0.576 bits per heavy atom. The molecule has 6 rings (SSSR count). The molecule has 5 aromatic carbocycles. The Balaban J connectivity index is 1.48. The third-order valence-corrected chi connectivity index (χ3v) is 10.2. The molecule has 1 N–H and O–H groups in total. The van der Waals surface area contributed by atoms with Gasteiger partial charge in [0, 0.05) is 6.07 Å². The Morgan fingerprint density at radius 3 is 1.44 bits per heavy atom. The van der Waals surface area contributed by atoms with Gasteiger partial charge < -0.3 is 23.7 Å². The van der Waals surface area contributed by atoms with E-state index in [0.29, 0.717) is 18.2 Å². The molecular formula is C40H31N3O15S. The number of rotatable bonds is 14. The Morgan fingerprint density at radius 2 is 1.00 bits per heavy atom. The fraction of sp³-hybridized carbons (Fsp3) is 0.150. The van der Waals surface area contributed by atoms with Gasteiger partial charge >= 0.3 is 23.9 Å². The van der Waals surface area contributed by atoms with Crippen molar-refractivity contribution in [3.8, 4) is 0 Å². The summed E-state index contributed by atoms with van der Waals surface area (Å²) in [4.78, 5) is 74.6. The largest absolute Gasteiger partial charge is 0.459 e. The normalized spacial score (nSPS) is 18.7. The first-order valence-electron chi connectivity index (χ1n) is 17.4. The Kier molecular flexibility index (Phi) is 12.8. The molecule has 18 nitrogen and oxygen atoms in total. The second-order valence-corrected chi connectivity index (χ2v) is 14.2. The number of nitro benzene ring substituents is 2. The van der Waals surface area contributed by atoms with Crippen LogP contribution in [0.3, 0.4) is 0 Å². The van der Waals surface area contributed by atoms with Gasteiger partial charge in [0.05, 0.1) is 38.2 Å². The number of esters is 4. The van der Waals surface area contributed by atoms with E-state index in [4.69, 9.17) is 23.7 Å². The maximum atomic E-state index is 14.1. The molecule has 59 heavy (non-hydrogen) atoms. The van der Waals surface area contributed by atoms with Gasteiger partial charge in [-0.05, 0) is 54.6 Å². The molecule has 1 heterocycles. The number of benzene rings is 5. The van der Waals surface area contributed by atoms with Gasteiger partial charge in [-0.1, -0.05) is 72.8 Å². The number of hydrogen-bond acceptors (Lipinski definition) is 15. The fourth-order valence-corrected chi connectivity index (χ4v) is 7.15. The van der Waals surface area contributed by atoms with Crippen LogP contribution in [0.1, 0.15) is 41.4 Å². The molecule has 0 spiro atoms. The number of nitrogens with one attached hydrogen (secondary N) is 1. The molecule has 0 aliphatic carbocycles. The summed E-state index contributed by atoms with van der Waals surface area (Å²) in [6.07, 6.45) is -9.70. The molecule has 302 valence electrons. The van der Waals surface area contributed by atoms with E-state index in [-0.39, 0.29) is 22.3 Å². The highest BCUT2D eigenvalue weighted by atomic mass is 32.2. The average Bonchev–Trinajstić information content (AvgIpc) is 3.25. The molecular weight excluding hydrogens is 795 g/mol. The molecule has 1 fully saturated rings. The topological polar surface area (TPSA) is 247 Å². The molecule has 0 bridgehead atoms. The summed E-state index contributed by atoms with van der Waals surface area (Å²) in [5, 5.41) is 23.4. The lowest BCUT2D eigenvalue weighted by Crippen LogP contribution is -2.66. The van der Waals surface area contributed by atoms with Gasteiger partial charge in [0.2, 0.25) is 10.0 Å². The van der Waals surface area contributed by atoms with Gasteiger partial charge in [-0.15, -0.1) is 0 Å². The van der Waals surface area contributed by atoms with Crippen molar-refractivity contribution in [2.75, 3.05) is 6.61 Å². The third-order valence-electron chi connectivity index (χ3n) is 8.69. The molecule has 0 saturated carbocycles. The highest BCUT2D eigenvalue weighted by Gasteiger charge is 2.54. The Hall–Kier alpha value is -7.35. The number of nitrogens with zero attached hydrogens (tertiary/aromatic N) is 2. The zero-order valence-corrected chi connectivity index (χ0v) is 31.1. The van der Waals surface area contributed by atoms with Crippen LogP contribution in [0, 0.1) is 20.2 Å². The molecule has 0 unspecified atom stereocenters. The van der Waals surface area contributed by atoms with Crippen LogP contribution < -0.4 is 4.72 Å². The van der Waals surface area contributed by atoms with E-state index in [9.17, 15) is 47.8 Å². The van der Waals surface area contributed by atoms with Gasteiger partial charge in [0.1, 0.15) is 12.7 Å². The summed E-state index contributed by atoms with van der Waals surface area (Å²) in [5.74, 6) is -4.07. The first-order chi connectivity index (χ1) is 28.3. The van der Waals surface area contributed by atoms with Crippen molar-refractivity contribution in [2.24, 2.45) is 0 Å². The number of carbonyl (C=O) groups is 4. The predicted molar refractivity (Wildman–Crippen MR) is 202 cm³/mol. The summed E-state index contributed by atoms with van der Waals surface area (Å²) in [6.45, 7) is -0.797. The van der Waals surface area contributed by atoms with Crippen molar-refractivity contribution >= 4 is 45.3 Å². The number of carbonyl (C=O) groups excluding carboxylic acids is 4. The first-order valence-corrected chi connectivity index (χ1v) is 18.9. The van der Waals surface area contributed by atoms with Gasteiger partial charge in [0.25, 0.3) is 11.4 Å². The summed E-state index contributed by atoms with van der Waals surface area (Å²) in [7, 11) is -5.18. The zero-order chi connectivity index (χ0) is 42.1. The maximum absolute atomic E-state index is 14.1. The van der Waals surface area contributed by atoms with Crippen LogP contribution in [0.2, 0.25) is 0 Å². The molecule has 0 amide bonds. The predicted octanol–water partition coefficient (Wildman–Crippen LogP) is 5.04. The summed E-state index contributed by atoms with van der Waals surface area (Å²) in [5.41, 5.74) is -2.00. The van der Waals surface area contributed by atoms with Gasteiger partial charge in [-0.25, -0.2) is 27.6 Å². The van der Waals surface area contributed by atoms with Crippen molar-refractivity contribution in [2.45, 2.75) is 35.5 Å². The lowest BCUT2D eigenvalue weighted by Gasteiger charge is -2.44. The van der Waals surface area contributed by atoms with Gasteiger partial charge in [0.15, 0.2) is 29.4 Å². The van der Waals surface area contributed by atoms with E-state index in [1.54, 1.807) is 36.4 Å². The van der Waals surface area contributed by atoms with Crippen LogP contribution >= 0.6 is 0 Å². The Bertz CT molecular complexity index is 2460. The number of nitro groups is 2. The third kappa shape index (κ3) is 9.97. The van der Waals surface area contributed by atoms with Crippen molar-refractivity contribution in [1.29, 1.82) is 0 Å². The van der Waals surface area contributed by atoms with E-state index in [1.807, 2.05) is 0 Å². The molecule has 1 aliphatic rings. The van der Waals surface area contributed by atoms with Crippen LogP contribution in [0.5, 0.6) is 0 Å². The van der Waals surface area contributed by atoms with Crippen molar-refractivity contribution in [3.05, 3.63) is 182 Å². The zero-order valence-electron chi connectivity index (χ0n) is 30.3. The number of ether oxygens (including phenoxy) is 5. The molecule has 0 radical (unpaired) electrons. The molecule has 0 aromatic heterocycles. The standard InChI is InChI=1S/C40H31N3O15S/c44-37(25-13-5-1-6-14-25)54-24-31-33(56-38(45)26-15-7-2-8-16-26)34(57-39(46)27-17-9-3-10-18-27)35(58-40(47)28-19-11-4-12-20-28)36(55-31)41-59(52,53)32-22-21-29(42(48)49)23-30(32)43(50)51/h1-23,31,33-36,41H,24H2/t31-,33+,34+,35-,36-/m1/s1. The molecule has 19 heteroatoms. The second kappa shape index (κ2) is 18.3. The number of non-ortho nitro benzene ring substituents is 1. The van der Waals surface area contributed by atoms with Gasteiger partial charge in [-0.2, -0.15) is 4.72 Å². The number of sulfonamides is 1. The van der Waals surface area contributed by atoms with Crippen LogP contribution in [0.4, 0.5) is 11.4 Å². The summed E-state index contributed by atoms with van der Waals surface area (Å²) in [6, 6.07) is 31.6. The maximum Gasteiger partial charge on any atom is 0.338 e.